The van der Waals surface area contributed by atoms with Gasteiger partial charge in [0, 0.05) is 24.5 Å². The van der Waals surface area contributed by atoms with Crippen molar-refractivity contribution in [3.63, 3.8) is 0 Å². The van der Waals surface area contributed by atoms with E-state index in [1.165, 1.54) is 5.56 Å². The topological polar surface area (TPSA) is 38.3 Å². The lowest BCUT2D eigenvalue weighted by Gasteiger charge is -2.20. The molecule has 0 saturated carbocycles. The van der Waals surface area contributed by atoms with E-state index in [0.29, 0.717) is 0 Å². The zero-order chi connectivity index (χ0) is 18.8. The van der Waals surface area contributed by atoms with E-state index in [-0.39, 0.29) is 5.28 Å². The number of rotatable bonds is 5. The first-order chi connectivity index (χ1) is 13.2. The lowest BCUT2D eigenvalue weighted by Crippen LogP contribution is -2.18. The molecule has 6 heteroatoms. The minimum Gasteiger partial charge on any atom is -0.497 e. The molecule has 136 valence electrons. The van der Waals surface area contributed by atoms with Crippen molar-refractivity contribution in [2.45, 2.75) is 6.54 Å². The van der Waals surface area contributed by atoms with Gasteiger partial charge in [0.25, 0.3) is 0 Å². The Morgan fingerprint density at radius 1 is 1.04 bits per heavy atom. The number of halogens is 1. The van der Waals surface area contributed by atoms with E-state index in [2.05, 4.69) is 44.5 Å². The Kier molecular flexibility index (Phi) is 4.97. The predicted octanol–water partition coefficient (Wildman–Crippen LogP) is 5.66. The van der Waals surface area contributed by atoms with Crippen LogP contribution in [0, 0.1) is 0 Å². The largest absolute Gasteiger partial charge is 0.497 e. The van der Waals surface area contributed by atoms with Crippen LogP contribution in [0.3, 0.4) is 0 Å². The summed E-state index contributed by atoms with van der Waals surface area (Å²) in [5.74, 6) is 1.67. The molecule has 0 spiro atoms. The SMILES string of the molecule is COc1ccc(-c2csc3nc(Cl)nc(N(C)Cc4ccccc4)c23)cc1. The second kappa shape index (κ2) is 7.55. The van der Waals surface area contributed by atoms with Gasteiger partial charge in [-0.3, -0.25) is 0 Å². The van der Waals surface area contributed by atoms with Crippen molar-refractivity contribution in [2.24, 2.45) is 0 Å². The van der Waals surface area contributed by atoms with E-state index in [1.807, 2.05) is 37.4 Å². The Labute approximate surface area is 167 Å². The Bertz CT molecular complexity index is 1060. The van der Waals surface area contributed by atoms with Crippen LogP contribution in [0.5, 0.6) is 5.75 Å². The molecule has 0 atom stereocenters. The molecule has 0 N–H and O–H groups in total. The van der Waals surface area contributed by atoms with Crippen LogP contribution in [0.4, 0.5) is 5.82 Å². The molecule has 0 aliphatic heterocycles. The van der Waals surface area contributed by atoms with Crippen molar-refractivity contribution < 1.29 is 4.74 Å². The summed E-state index contributed by atoms with van der Waals surface area (Å²) in [7, 11) is 3.70. The standard InChI is InChI=1S/C21H18ClN3OS/c1-25(12-14-6-4-3-5-7-14)19-18-17(13-27-20(18)24-21(22)23-19)15-8-10-16(26-2)11-9-15/h3-11,13H,12H2,1-2H3. The Balaban J connectivity index is 1.80. The number of thiophene rings is 1. The van der Waals surface area contributed by atoms with E-state index in [1.54, 1.807) is 18.4 Å². The van der Waals surface area contributed by atoms with Gasteiger partial charge in [-0.1, -0.05) is 42.5 Å². The Hall–Kier alpha value is -2.63. The van der Waals surface area contributed by atoms with Crippen molar-refractivity contribution in [2.75, 3.05) is 19.1 Å². The predicted molar refractivity (Wildman–Crippen MR) is 113 cm³/mol. The molecule has 0 amide bonds. The minimum atomic E-state index is 0.264. The normalized spacial score (nSPS) is 10.9. The molecule has 2 heterocycles. The summed E-state index contributed by atoms with van der Waals surface area (Å²) >= 11 is 7.78. The van der Waals surface area contributed by atoms with E-state index in [4.69, 9.17) is 16.3 Å². The second-order valence-electron chi connectivity index (χ2n) is 6.22. The number of nitrogens with zero attached hydrogens (tertiary/aromatic N) is 3. The van der Waals surface area contributed by atoms with Crippen LogP contribution in [0.1, 0.15) is 5.56 Å². The summed E-state index contributed by atoms with van der Waals surface area (Å²) < 4.78 is 5.27. The summed E-state index contributed by atoms with van der Waals surface area (Å²) in [6.45, 7) is 0.737. The Morgan fingerprint density at radius 3 is 2.48 bits per heavy atom. The van der Waals surface area contributed by atoms with Crippen LogP contribution in [-0.2, 0) is 6.54 Å². The number of hydrogen-bond donors (Lipinski definition) is 0. The lowest BCUT2D eigenvalue weighted by atomic mass is 10.1. The molecule has 0 unspecified atom stereocenters. The summed E-state index contributed by atoms with van der Waals surface area (Å²) in [6, 6.07) is 18.3. The van der Waals surface area contributed by atoms with Gasteiger partial charge >= 0.3 is 0 Å². The highest BCUT2D eigenvalue weighted by Crippen LogP contribution is 2.39. The van der Waals surface area contributed by atoms with Crippen LogP contribution in [0.2, 0.25) is 5.28 Å². The summed E-state index contributed by atoms with van der Waals surface area (Å²) in [5.41, 5.74) is 3.41. The van der Waals surface area contributed by atoms with Gasteiger partial charge in [-0.05, 0) is 34.9 Å². The molecule has 0 saturated heterocycles. The monoisotopic (exact) mass is 395 g/mol. The molecule has 0 fully saturated rings. The molecule has 4 aromatic rings. The quantitative estimate of drug-likeness (QED) is 0.409. The molecule has 0 aliphatic carbocycles. The third-order valence-corrected chi connectivity index (χ3v) is 5.45. The highest BCUT2D eigenvalue weighted by atomic mass is 35.5. The van der Waals surface area contributed by atoms with E-state index >= 15 is 0 Å². The van der Waals surface area contributed by atoms with E-state index < -0.39 is 0 Å². The highest BCUT2D eigenvalue weighted by molar-refractivity contribution is 7.17. The second-order valence-corrected chi connectivity index (χ2v) is 7.41. The minimum absolute atomic E-state index is 0.264. The fourth-order valence-electron chi connectivity index (χ4n) is 3.09. The van der Waals surface area contributed by atoms with Crippen molar-refractivity contribution in [3.8, 4) is 16.9 Å². The maximum Gasteiger partial charge on any atom is 0.225 e. The third-order valence-electron chi connectivity index (χ3n) is 4.41. The van der Waals surface area contributed by atoms with Crippen molar-refractivity contribution in [1.29, 1.82) is 0 Å². The third kappa shape index (κ3) is 3.61. The zero-order valence-corrected chi connectivity index (χ0v) is 16.6. The first-order valence-corrected chi connectivity index (χ1v) is 9.75. The molecule has 2 aromatic carbocycles. The van der Waals surface area contributed by atoms with Crippen LogP contribution in [0.15, 0.2) is 60.0 Å². The molecule has 4 rings (SSSR count). The lowest BCUT2D eigenvalue weighted by molar-refractivity contribution is 0.415. The van der Waals surface area contributed by atoms with Gasteiger partial charge < -0.3 is 9.64 Å². The van der Waals surface area contributed by atoms with Gasteiger partial charge in [0.1, 0.15) is 16.4 Å². The molecule has 4 nitrogen and oxygen atoms in total. The van der Waals surface area contributed by atoms with Crippen LogP contribution in [-0.4, -0.2) is 24.1 Å². The molecule has 2 aromatic heterocycles. The fourth-order valence-corrected chi connectivity index (χ4v) is 4.25. The van der Waals surface area contributed by atoms with Crippen molar-refractivity contribution >= 4 is 39.0 Å². The summed E-state index contributed by atoms with van der Waals surface area (Å²) in [6.07, 6.45) is 0. The van der Waals surface area contributed by atoms with Gasteiger partial charge in [0.15, 0.2) is 0 Å². The first-order valence-electron chi connectivity index (χ1n) is 8.50. The van der Waals surface area contributed by atoms with Crippen LogP contribution in [0.25, 0.3) is 21.3 Å². The number of anilines is 1. The molecular weight excluding hydrogens is 378 g/mol. The van der Waals surface area contributed by atoms with Gasteiger partial charge in [-0.15, -0.1) is 11.3 Å². The molecule has 0 aliphatic rings. The average Bonchev–Trinajstić information content (AvgIpc) is 3.11. The van der Waals surface area contributed by atoms with Gasteiger partial charge in [0.2, 0.25) is 5.28 Å². The van der Waals surface area contributed by atoms with E-state index in [9.17, 15) is 0 Å². The number of benzene rings is 2. The maximum absolute atomic E-state index is 6.21. The number of hydrogen-bond acceptors (Lipinski definition) is 5. The summed E-state index contributed by atoms with van der Waals surface area (Å²) in [5, 5.41) is 3.39. The van der Waals surface area contributed by atoms with E-state index in [0.717, 1.165) is 39.5 Å². The molecular formula is C21H18ClN3OS. The number of aromatic nitrogens is 2. The molecule has 27 heavy (non-hydrogen) atoms. The number of ether oxygens (including phenoxy) is 1. The number of fused-ring (bicyclic) bond motifs is 1. The van der Waals surface area contributed by atoms with Crippen LogP contribution < -0.4 is 9.64 Å². The van der Waals surface area contributed by atoms with Gasteiger partial charge in [-0.25, -0.2) is 4.98 Å². The highest BCUT2D eigenvalue weighted by Gasteiger charge is 2.18. The Morgan fingerprint density at radius 2 is 1.78 bits per heavy atom. The summed E-state index contributed by atoms with van der Waals surface area (Å²) in [4.78, 5) is 12.0. The first kappa shape index (κ1) is 17.8. The van der Waals surface area contributed by atoms with Crippen molar-refractivity contribution in [1.82, 2.24) is 9.97 Å². The average molecular weight is 396 g/mol. The smallest absolute Gasteiger partial charge is 0.225 e. The fraction of sp³-hybridized carbons (Fsp3) is 0.143. The van der Waals surface area contributed by atoms with Crippen LogP contribution >= 0.6 is 22.9 Å². The molecule has 0 bridgehead atoms. The van der Waals surface area contributed by atoms with Crippen molar-refractivity contribution in [3.05, 3.63) is 70.8 Å². The molecule has 0 radical (unpaired) electrons. The maximum atomic E-state index is 6.21. The zero-order valence-electron chi connectivity index (χ0n) is 15.0. The number of methoxy groups -OCH3 is 1. The van der Waals surface area contributed by atoms with Gasteiger partial charge in [0.05, 0.1) is 12.5 Å². The van der Waals surface area contributed by atoms with Gasteiger partial charge in [-0.2, -0.15) is 4.98 Å².